The van der Waals surface area contributed by atoms with Crippen LogP contribution in [0.5, 0.6) is 0 Å². The molecule has 0 radical (unpaired) electrons. The van der Waals surface area contributed by atoms with Crippen molar-refractivity contribution >= 4 is 45.6 Å². The molecule has 0 saturated heterocycles. The van der Waals surface area contributed by atoms with Crippen LogP contribution in [0, 0.1) is 6.92 Å². The fraction of sp³-hybridized carbons (Fsp3) is 0.333. The summed E-state index contributed by atoms with van der Waals surface area (Å²) in [6.07, 6.45) is 5.76. The lowest BCUT2D eigenvalue weighted by atomic mass is 9.95. The predicted octanol–water partition coefficient (Wildman–Crippen LogP) is 4.17. The summed E-state index contributed by atoms with van der Waals surface area (Å²) in [5, 5.41) is 11.7. The lowest BCUT2D eigenvalue weighted by Crippen LogP contribution is -2.21. The third kappa shape index (κ3) is 4.36. The van der Waals surface area contributed by atoms with Crippen molar-refractivity contribution in [1.82, 2.24) is 14.8 Å². The number of ether oxygens (including phenoxy) is 1. The summed E-state index contributed by atoms with van der Waals surface area (Å²) in [4.78, 5) is 17.9. The van der Waals surface area contributed by atoms with Crippen LogP contribution in [0.4, 0.5) is 10.9 Å². The van der Waals surface area contributed by atoms with Gasteiger partial charge in [-0.1, -0.05) is 24.3 Å². The van der Waals surface area contributed by atoms with E-state index in [2.05, 4.69) is 39.8 Å². The minimum Gasteiger partial charge on any atom is -0.465 e. The number of carbonyl (C=O) groups is 1. The molecule has 3 aromatic rings. The quantitative estimate of drug-likeness (QED) is 0.454. The van der Waals surface area contributed by atoms with Crippen LogP contribution in [0.3, 0.4) is 0 Å². The van der Waals surface area contributed by atoms with E-state index in [9.17, 15) is 4.79 Å². The number of fused-ring (bicyclic) bond motifs is 1. The second kappa shape index (κ2) is 8.93. The Morgan fingerprint density at radius 2 is 2.07 bits per heavy atom. The van der Waals surface area contributed by atoms with Gasteiger partial charge in [0.25, 0.3) is 0 Å². The third-order valence-electron chi connectivity index (χ3n) is 5.14. The number of aromatic nitrogens is 3. The van der Waals surface area contributed by atoms with Crippen LogP contribution in [0.2, 0.25) is 0 Å². The largest absolute Gasteiger partial charge is 0.465 e. The highest BCUT2D eigenvalue weighted by atomic mass is 32.1. The molecule has 9 heteroatoms. The van der Waals surface area contributed by atoms with Gasteiger partial charge in [-0.2, -0.15) is 0 Å². The maximum Gasteiger partial charge on any atom is 0.341 e. The number of hydrogen-bond acceptors (Lipinski definition) is 6. The Bertz CT molecular complexity index is 1090. The predicted molar refractivity (Wildman–Crippen MR) is 122 cm³/mol. The zero-order chi connectivity index (χ0) is 21.1. The number of aryl methyl sites for hydroxylation is 2. The van der Waals surface area contributed by atoms with Crippen molar-refractivity contribution in [3.8, 4) is 0 Å². The van der Waals surface area contributed by atoms with E-state index in [0.29, 0.717) is 28.2 Å². The van der Waals surface area contributed by atoms with Crippen LogP contribution >= 0.6 is 23.6 Å². The molecule has 2 N–H and O–H groups in total. The minimum absolute atomic E-state index is 0.333. The standard InChI is InChI=1S/C21H23N5O2S2/c1-13-7-3-4-8-14(13)11-26-12-22-20(25-26)24-21(29)23-18-17(19(27)28-2)15-9-5-6-10-16(15)30-18/h3-4,7-8,12H,5-6,9-11H2,1-2H3,(H2,23,24,25,29). The second-order valence-corrected chi connectivity index (χ2v) is 8.69. The van der Waals surface area contributed by atoms with E-state index in [1.165, 1.54) is 23.1 Å². The van der Waals surface area contributed by atoms with Crippen molar-refractivity contribution in [2.45, 2.75) is 39.2 Å². The summed E-state index contributed by atoms with van der Waals surface area (Å²) in [6, 6.07) is 8.17. The normalized spacial score (nSPS) is 12.9. The number of hydrogen-bond donors (Lipinski definition) is 2. The smallest absolute Gasteiger partial charge is 0.341 e. The number of anilines is 2. The molecule has 30 heavy (non-hydrogen) atoms. The summed E-state index contributed by atoms with van der Waals surface area (Å²) >= 11 is 7.01. The number of benzene rings is 1. The lowest BCUT2D eigenvalue weighted by molar-refractivity contribution is 0.0601. The Hall–Kier alpha value is -2.78. The molecule has 7 nitrogen and oxygen atoms in total. The maximum atomic E-state index is 12.4. The van der Waals surface area contributed by atoms with Gasteiger partial charge < -0.3 is 10.1 Å². The average molecular weight is 442 g/mol. The zero-order valence-corrected chi connectivity index (χ0v) is 18.5. The summed E-state index contributed by atoms with van der Waals surface area (Å²) in [6.45, 7) is 2.70. The molecule has 2 aromatic heterocycles. The molecule has 0 unspecified atom stereocenters. The highest BCUT2D eigenvalue weighted by Gasteiger charge is 2.26. The Kier molecular flexibility index (Phi) is 6.10. The first-order valence-corrected chi connectivity index (χ1v) is 11.0. The number of thiophene rings is 1. The first-order chi connectivity index (χ1) is 14.5. The summed E-state index contributed by atoms with van der Waals surface area (Å²) in [5.74, 6) is 0.0716. The van der Waals surface area contributed by atoms with Gasteiger partial charge in [-0.15, -0.1) is 16.4 Å². The van der Waals surface area contributed by atoms with Crippen LogP contribution in [0.25, 0.3) is 0 Å². The van der Waals surface area contributed by atoms with Crippen LogP contribution < -0.4 is 10.6 Å². The fourth-order valence-corrected chi connectivity index (χ4v) is 5.14. The van der Waals surface area contributed by atoms with Crippen molar-refractivity contribution in [3.05, 3.63) is 57.7 Å². The van der Waals surface area contributed by atoms with Gasteiger partial charge in [-0.3, -0.25) is 5.32 Å². The molecule has 4 rings (SSSR count). The van der Waals surface area contributed by atoms with Gasteiger partial charge in [0.2, 0.25) is 5.95 Å². The Labute approximate surface area is 184 Å². The highest BCUT2D eigenvalue weighted by molar-refractivity contribution is 7.80. The highest BCUT2D eigenvalue weighted by Crippen LogP contribution is 2.38. The van der Waals surface area contributed by atoms with Gasteiger partial charge in [0, 0.05) is 4.88 Å². The summed E-state index contributed by atoms with van der Waals surface area (Å²) in [7, 11) is 1.40. The molecular formula is C21H23N5O2S2. The van der Waals surface area contributed by atoms with E-state index in [0.717, 1.165) is 31.2 Å². The molecule has 0 atom stereocenters. The van der Waals surface area contributed by atoms with Crippen LogP contribution in [-0.2, 0) is 24.1 Å². The number of esters is 1. The van der Waals surface area contributed by atoms with Crippen LogP contribution in [0.1, 0.15) is 44.8 Å². The number of nitrogens with zero attached hydrogens (tertiary/aromatic N) is 3. The van der Waals surface area contributed by atoms with E-state index < -0.39 is 0 Å². The first kappa shape index (κ1) is 20.5. The second-order valence-electron chi connectivity index (χ2n) is 7.18. The Morgan fingerprint density at radius 1 is 1.27 bits per heavy atom. The molecule has 1 aromatic carbocycles. The fourth-order valence-electron chi connectivity index (χ4n) is 3.60. The van der Waals surface area contributed by atoms with Gasteiger partial charge in [-0.05, 0) is 61.5 Å². The van der Waals surface area contributed by atoms with Gasteiger partial charge in [0.1, 0.15) is 11.3 Å². The summed E-state index contributed by atoms with van der Waals surface area (Å²) < 4.78 is 6.77. The summed E-state index contributed by atoms with van der Waals surface area (Å²) in [5.41, 5.74) is 4.07. The molecule has 1 aliphatic rings. The van der Waals surface area contributed by atoms with E-state index >= 15 is 0 Å². The number of thiocarbonyl (C=S) groups is 1. The van der Waals surface area contributed by atoms with Gasteiger partial charge in [-0.25, -0.2) is 14.5 Å². The number of carbonyl (C=O) groups excluding carboxylic acids is 1. The molecule has 0 fully saturated rings. The Balaban J connectivity index is 1.46. The van der Waals surface area contributed by atoms with Gasteiger partial charge in [0.15, 0.2) is 5.11 Å². The molecule has 1 aliphatic carbocycles. The van der Waals surface area contributed by atoms with Gasteiger partial charge in [0.05, 0.1) is 19.2 Å². The lowest BCUT2D eigenvalue weighted by Gasteiger charge is -2.12. The SMILES string of the molecule is COC(=O)c1c(NC(=S)Nc2ncn(Cc3ccccc3C)n2)sc2c1CCCC2. The number of nitrogens with one attached hydrogen (secondary N) is 2. The van der Waals surface area contributed by atoms with Gasteiger partial charge >= 0.3 is 5.97 Å². The van der Waals surface area contributed by atoms with Crippen molar-refractivity contribution in [2.24, 2.45) is 0 Å². The van der Waals surface area contributed by atoms with E-state index in [1.54, 1.807) is 22.3 Å². The molecule has 2 heterocycles. The topological polar surface area (TPSA) is 81.1 Å². The van der Waals surface area contributed by atoms with Crippen LogP contribution in [0.15, 0.2) is 30.6 Å². The van der Waals surface area contributed by atoms with Crippen molar-refractivity contribution in [2.75, 3.05) is 17.7 Å². The van der Waals surface area contributed by atoms with Crippen molar-refractivity contribution < 1.29 is 9.53 Å². The van der Waals surface area contributed by atoms with Crippen molar-refractivity contribution in [3.63, 3.8) is 0 Å². The first-order valence-electron chi connectivity index (χ1n) is 9.80. The average Bonchev–Trinajstić information content (AvgIpc) is 3.32. The molecular weight excluding hydrogens is 418 g/mol. The van der Waals surface area contributed by atoms with E-state index in [4.69, 9.17) is 17.0 Å². The molecule has 156 valence electrons. The monoisotopic (exact) mass is 441 g/mol. The Morgan fingerprint density at radius 3 is 2.87 bits per heavy atom. The van der Waals surface area contributed by atoms with Crippen LogP contribution in [-0.4, -0.2) is 33.0 Å². The van der Waals surface area contributed by atoms with E-state index in [-0.39, 0.29) is 5.97 Å². The maximum absolute atomic E-state index is 12.4. The molecule has 0 amide bonds. The molecule has 0 aliphatic heterocycles. The number of rotatable bonds is 5. The molecule has 0 saturated carbocycles. The minimum atomic E-state index is -0.333. The molecule has 0 bridgehead atoms. The zero-order valence-electron chi connectivity index (χ0n) is 16.9. The van der Waals surface area contributed by atoms with Crippen molar-refractivity contribution in [1.29, 1.82) is 0 Å². The molecule has 0 spiro atoms. The van der Waals surface area contributed by atoms with E-state index in [1.807, 2.05) is 12.1 Å². The third-order valence-corrected chi connectivity index (χ3v) is 6.55. The number of methoxy groups -OCH3 is 1.